The number of ether oxygens (including phenoxy) is 1. The second-order valence-corrected chi connectivity index (χ2v) is 6.37. The summed E-state index contributed by atoms with van der Waals surface area (Å²) in [6, 6.07) is 5.92. The number of hydrogen-bond acceptors (Lipinski definition) is 4. The molecule has 1 N–H and O–H groups in total. The molecule has 2 bridgehead atoms. The molecule has 2 fully saturated rings. The van der Waals surface area contributed by atoms with E-state index in [-0.39, 0.29) is 6.10 Å². The van der Waals surface area contributed by atoms with E-state index in [2.05, 4.69) is 36.1 Å². The number of nitrogens with one attached hydrogen (secondary N) is 1. The number of fused-ring (bicyclic) bond motifs is 2. The highest BCUT2D eigenvalue weighted by atomic mass is 16.5. The minimum Gasteiger partial charge on any atom is -0.487 e. The first kappa shape index (κ1) is 13.7. The zero-order valence-corrected chi connectivity index (χ0v) is 12.7. The largest absolute Gasteiger partial charge is 0.487 e. The van der Waals surface area contributed by atoms with Gasteiger partial charge in [-0.1, -0.05) is 0 Å². The summed E-state index contributed by atoms with van der Waals surface area (Å²) >= 11 is 0. The number of aromatic nitrogens is 1. The van der Waals surface area contributed by atoms with Crippen LogP contribution in [0.1, 0.15) is 39.5 Å². The molecule has 2 unspecified atom stereocenters. The highest BCUT2D eigenvalue weighted by Gasteiger charge is 2.36. The van der Waals surface area contributed by atoms with Crippen LogP contribution in [0, 0.1) is 0 Å². The molecule has 20 heavy (non-hydrogen) atoms. The van der Waals surface area contributed by atoms with Crippen molar-refractivity contribution in [1.82, 2.24) is 10.3 Å². The fourth-order valence-corrected chi connectivity index (χ4v) is 3.51. The zero-order chi connectivity index (χ0) is 14.1. The van der Waals surface area contributed by atoms with E-state index in [0.29, 0.717) is 18.1 Å². The van der Waals surface area contributed by atoms with Gasteiger partial charge in [-0.25, -0.2) is 4.98 Å². The van der Waals surface area contributed by atoms with E-state index in [1.807, 2.05) is 18.3 Å². The summed E-state index contributed by atoms with van der Waals surface area (Å²) in [6.07, 6.45) is 7.11. The Kier molecular flexibility index (Phi) is 3.83. The molecule has 0 aromatic carbocycles. The lowest BCUT2D eigenvalue weighted by Gasteiger charge is -2.36. The van der Waals surface area contributed by atoms with Crippen molar-refractivity contribution in [3.63, 3.8) is 0 Å². The van der Waals surface area contributed by atoms with Crippen LogP contribution in [0.5, 0.6) is 5.75 Å². The molecule has 0 amide bonds. The highest BCUT2D eigenvalue weighted by Crippen LogP contribution is 2.34. The van der Waals surface area contributed by atoms with Crippen LogP contribution in [0.4, 0.5) is 5.82 Å². The van der Waals surface area contributed by atoms with Gasteiger partial charge in [-0.05, 0) is 51.7 Å². The molecular formula is C16H25N3O. The summed E-state index contributed by atoms with van der Waals surface area (Å²) in [7, 11) is 2.16. The molecule has 4 heteroatoms. The van der Waals surface area contributed by atoms with Crippen LogP contribution in [-0.2, 0) is 0 Å². The molecule has 0 aliphatic carbocycles. The number of rotatable bonds is 4. The fraction of sp³-hybridized carbons (Fsp3) is 0.688. The third-order valence-corrected chi connectivity index (χ3v) is 4.44. The van der Waals surface area contributed by atoms with E-state index < -0.39 is 0 Å². The molecule has 2 aliphatic rings. The Hall–Kier alpha value is -1.29. The minimum atomic E-state index is 0.176. The second kappa shape index (κ2) is 5.60. The van der Waals surface area contributed by atoms with Gasteiger partial charge in [0.1, 0.15) is 0 Å². The van der Waals surface area contributed by atoms with E-state index in [0.717, 1.165) is 11.6 Å². The molecule has 0 radical (unpaired) electrons. The Morgan fingerprint density at radius 3 is 2.65 bits per heavy atom. The molecule has 0 spiro atoms. The maximum Gasteiger partial charge on any atom is 0.171 e. The molecule has 2 saturated heterocycles. The van der Waals surface area contributed by atoms with Gasteiger partial charge in [0.15, 0.2) is 11.6 Å². The van der Waals surface area contributed by atoms with Crippen LogP contribution in [0.15, 0.2) is 18.3 Å². The smallest absolute Gasteiger partial charge is 0.171 e. The van der Waals surface area contributed by atoms with Gasteiger partial charge in [-0.3, -0.25) is 0 Å². The number of hydrogen-bond donors (Lipinski definition) is 1. The second-order valence-electron chi connectivity index (χ2n) is 6.37. The van der Waals surface area contributed by atoms with E-state index in [1.165, 1.54) is 25.7 Å². The van der Waals surface area contributed by atoms with Gasteiger partial charge in [0.05, 0.1) is 6.10 Å². The number of nitrogens with zero attached hydrogens (tertiary/aromatic N) is 2. The highest BCUT2D eigenvalue weighted by molar-refractivity contribution is 5.52. The first-order chi connectivity index (χ1) is 9.63. The predicted molar refractivity (Wildman–Crippen MR) is 81.4 cm³/mol. The maximum absolute atomic E-state index is 5.91. The van der Waals surface area contributed by atoms with Crippen LogP contribution < -0.4 is 15.0 Å². The summed E-state index contributed by atoms with van der Waals surface area (Å²) in [5.74, 6) is 1.88. The minimum absolute atomic E-state index is 0.176. The van der Waals surface area contributed by atoms with Crippen LogP contribution >= 0.6 is 0 Å². The Labute approximate surface area is 121 Å². The van der Waals surface area contributed by atoms with Crippen LogP contribution in [-0.4, -0.2) is 36.3 Å². The summed E-state index contributed by atoms with van der Waals surface area (Å²) in [5.41, 5.74) is 0. The van der Waals surface area contributed by atoms with Crippen molar-refractivity contribution in [2.24, 2.45) is 0 Å². The molecule has 2 atom stereocenters. The summed E-state index contributed by atoms with van der Waals surface area (Å²) < 4.78 is 5.91. The predicted octanol–water partition coefficient (Wildman–Crippen LogP) is 2.59. The van der Waals surface area contributed by atoms with E-state index >= 15 is 0 Å². The first-order valence-corrected chi connectivity index (χ1v) is 7.74. The molecule has 110 valence electrons. The van der Waals surface area contributed by atoms with Gasteiger partial charge >= 0.3 is 0 Å². The summed E-state index contributed by atoms with van der Waals surface area (Å²) in [5, 5.41) is 3.70. The van der Waals surface area contributed by atoms with Crippen molar-refractivity contribution in [3.8, 4) is 5.75 Å². The van der Waals surface area contributed by atoms with Crippen LogP contribution in [0.2, 0.25) is 0 Å². The Bertz CT molecular complexity index is 451. The quantitative estimate of drug-likeness (QED) is 0.916. The maximum atomic E-state index is 5.91. The van der Waals surface area contributed by atoms with Crippen molar-refractivity contribution in [3.05, 3.63) is 18.3 Å². The topological polar surface area (TPSA) is 37.4 Å². The first-order valence-electron chi connectivity index (χ1n) is 7.74. The average Bonchev–Trinajstić information content (AvgIpc) is 2.76. The van der Waals surface area contributed by atoms with Crippen molar-refractivity contribution in [1.29, 1.82) is 0 Å². The third-order valence-electron chi connectivity index (χ3n) is 4.44. The molecule has 3 heterocycles. The van der Waals surface area contributed by atoms with Gasteiger partial charge in [-0.2, -0.15) is 0 Å². The van der Waals surface area contributed by atoms with Crippen molar-refractivity contribution in [2.75, 3.05) is 11.9 Å². The summed E-state index contributed by atoms with van der Waals surface area (Å²) in [6.45, 7) is 4.11. The molecule has 1 aromatic heterocycles. The SMILES string of the molecule is CC(C)Oc1cccnc1N(C)C1CC2CCC(C1)N2. The summed E-state index contributed by atoms with van der Waals surface area (Å²) in [4.78, 5) is 6.88. The van der Waals surface area contributed by atoms with Crippen LogP contribution in [0.3, 0.4) is 0 Å². The zero-order valence-electron chi connectivity index (χ0n) is 12.7. The van der Waals surface area contributed by atoms with Gasteiger partial charge in [0.2, 0.25) is 0 Å². The molecule has 2 aliphatic heterocycles. The van der Waals surface area contributed by atoms with E-state index in [4.69, 9.17) is 4.74 Å². The third kappa shape index (κ3) is 2.75. The van der Waals surface area contributed by atoms with E-state index in [1.54, 1.807) is 0 Å². The molecule has 0 saturated carbocycles. The normalized spacial score (nSPS) is 28.7. The lowest BCUT2D eigenvalue weighted by molar-refractivity contribution is 0.241. The van der Waals surface area contributed by atoms with Gasteiger partial charge in [-0.15, -0.1) is 0 Å². The van der Waals surface area contributed by atoms with Gasteiger partial charge in [0.25, 0.3) is 0 Å². The fourth-order valence-electron chi connectivity index (χ4n) is 3.51. The lowest BCUT2D eigenvalue weighted by Crippen LogP contribution is -2.47. The van der Waals surface area contributed by atoms with Gasteiger partial charge in [0, 0.05) is 31.4 Å². The Balaban J connectivity index is 1.78. The standard InChI is InChI=1S/C16H25N3O/c1-11(2)20-15-5-4-8-17-16(15)19(3)14-9-12-6-7-13(10-14)18-12/h4-5,8,11-14,18H,6-7,9-10H2,1-3H3. The average molecular weight is 275 g/mol. The molecular weight excluding hydrogens is 250 g/mol. The number of piperidine rings is 1. The van der Waals surface area contributed by atoms with E-state index in [9.17, 15) is 0 Å². The van der Waals surface area contributed by atoms with Gasteiger partial charge < -0.3 is 15.0 Å². The van der Waals surface area contributed by atoms with Crippen LogP contribution in [0.25, 0.3) is 0 Å². The lowest BCUT2D eigenvalue weighted by atomic mass is 9.98. The Morgan fingerprint density at radius 2 is 2.00 bits per heavy atom. The van der Waals surface area contributed by atoms with Crippen molar-refractivity contribution < 1.29 is 4.74 Å². The number of anilines is 1. The Morgan fingerprint density at radius 1 is 1.30 bits per heavy atom. The molecule has 1 aromatic rings. The van der Waals surface area contributed by atoms with Crippen molar-refractivity contribution in [2.45, 2.75) is 63.8 Å². The number of pyridine rings is 1. The van der Waals surface area contributed by atoms with Crippen molar-refractivity contribution >= 4 is 5.82 Å². The molecule has 4 nitrogen and oxygen atoms in total. The molecule has 3 rings (SSSR count). The monoisotopic (exact) mass is 275 g/mol.